The predicted molar refractivity (Wildman–Crippen MR) is 71.8 cm³/mol. The van der Waals surface area contributed by atoms with E-state index in [0.717, 1.165) is 49.0 Å². The highest BCUT2D eigenvalue weighted by Crippen LogP contribution is 2.33. The Kier molecular flexibility index (Phi) is 2.34. The quantitative estimate of drug-likeness (QED) is 0.449. The normalized spacial score (nSPS) is 24.1. The summed E-state index contributed by atoms with van der Waals surface area (Å²) in [6, 6.07) is -0.431. The van der Waals surface area contributed by atoms with Gasteiger partial charge in [0.1, 0.15) is 11.5 Å². The van der Waals surface area contributed by atoms with E-state index in [0.29, 0.717) is 6.54 Å². The molecule has 0 atom stereocenters. The Hall–Kier alpha value is -2.35. The van der Waals surface area contributed by atoms with E-state index in [-0.39, 0.29) is 0 Å². The molecule has 0 saturated carbocycles. The number of nitrogens with zero attached hydrogens (tertiary/aromatic N) is 3. The van der Waals surface area contributed by atoms with Crippen molar-refractivity contribution >= 4 is 6.03 Å². The van der Waals surface area contributed by atoms with E-state index in [1.165, 1.54) is 4.90 Å². The molecule has 106 valence electrons. The molecular weight excluding hydrogens is 258 g/mol. The second-order valence-corrected chi connectivity index (χ2v) is 5.21. The van der Waals surface area contributed by atoms with Gasteiger partial charge in [0.25, 0.3) is 0 Å². The van der Waals surface area contributed by atoms with Gasteiger partial charge in [0.15, 0.2) is 0 Å². The molecule has 0 spiro atoms. The lowest BCUT2D eigenvalue weighted by Crippen LogP contribution is -2.35. The average Bonchev–Trinajstić information content (AvgIpc) is 2.98. The first-order chi connectivity index (χ1) is 9.74. The maximum Gasteiger partial charge on any atom is 0.319 e. The standard InChI is InChI=1S/C12H17N7O/c13-12(20)17-5-2-9-8(6-17)10-11-15-14-7-18(11)3-1-4-19(10)16-9/h2,5,14-16H,1,3-4,6-7H2,(H2,13,20). The number of hydrogen-bond donors (Lipinski definition) is 4. The highest BCUT2D eigenvalue weighted by Gasteiger charge is 2.36. The van der Waals surface area contributed by atoms with Gasteiger partial charge < -0.3 is 16.1 Å². The molecular formula is C12H17N7O. The van der Waals surface area contributed by atoms with E-state index in [4.69, 9.17) is 5.73 Å². The minimum absolute atomic E-state index is 0.431. The van der Waals surface area contributed by atoms with Crippen molar-refractivity contribution in [2.24, 2.45) is 5.73 Å². The summed E-state index contributed by atoms with van der Waals surface area (Å²) in [5.41, 5.74) is 18.4. The van der Waals surface area contributed by atoms with E-state index in [2.05, 4.69) is 26.2 Å². The first kappa shape index (κ1) is 11.5. The number of allylic oxidation sites excluding steroid dienone is 1. The number of nitrogens with two attached hydrogens (primary N) is 1. The molecule has 4 aliphatic rings. The van der Waals surface area contributed by atoms with Crippen LogP contribution in [0.25, 0.3) is 0 Å². The lowest BCUT2D eigenvalue weighted by Gasteiger charge is -2.23. The highest BCUT2D eigenvalue weighted by atomic mass is 16.2. The summed E-state index contributed by atoms with van der Waals surface area (Å²) in [7, 11) is 0. The third kappa shape index (κ3) is 1.54. The maximum absolute atomic E-state index is 11.4. The molecule has 1 fully saturated rings. The van der Waals surface area contributed by atoms with Crippen molar-refractivity contribution in [2.75, 3.05) is 26.3 Å². The van der Waals surface area contributed by atoms with Gasteiger partial charge in [0.2, 0.25) is 0 Å². The van der Waals surface area contributed by atoms with Crippen molar-refractivity contribution in [1.29, 1.82) is 0 Å². The van der Waals surface area contributed by atoms with Gasteiger partial charge in [-0.3, -0.25) is 15.3 Å². The van der Waals surface area contributed by atoms with Gasteiger partial charge in [0, 0.05) is 24.9 Å². The van der Waals surface area contributed by atoms with Crippen molar-refractivity contribution < 1.29 is 4.79 Å². The molecule has 0 aromatic carbocycles. The Morgan fingerprint density at radius 2 is 2.25 bits per heavy atom. The van der Waals surface area contributed by atoms with Crippen LogP contribution in [-0.4, -0.2) is 47.1 Å². The molecule has 2 amide bonds. The van der Waals surface area contributed by atoms with Crippen LogP contribution in [0.1, 0.15) is 6.42 Å². The van der Waals surface area contributed by atoms with E-state index in [1.54, 1.807) is 6.20 Å². The minimum atomic E-state index is -0.431. The smallest absolute Gasteiger partial charge is 0.319 e. The first-order valence-electron chi connectivity index (χ1n) is 6.74. The molecule has 4 heterocycles. The van der Waals surface area contributed by atoms with Crippen molar-refractivity contribution in [3.63, 3.8) is 0 Å². The number of rotatable bonds is 0. The summed E-state index contributed by atoms with van der Waals surface area (Å²) in [6.07, 6.45) is 4.70. The third-order valence-corrected chi connectivity index (χ3v) is 4.00. The van der Waals surface area contributed by atoms with Gasteiger partial charge in [-0.15, -0.1) is 0 Å². The van der Waals surface area contributed by atoms with Gasteiger partial charge >= 0.3 is 6.03 Å². The van der Waals surface area contributed by atoms with Crippen molar-refractivity contribution in [3.8, 4) is 0 Å². The second-order valence-electron chi connectivity index (χ2n) is 5.21. The van der Waals surface area contributed by atoms with Crippen LogP contribution in [0.5, 0.6) is 0 Å². The Balaban J connectivity index is 1.76. The summed E-state index contributed by atoms with van der Waals surface area (Å²) in [4.78, 5) is 15.2. The molecule has 0 radical (unpaired) electrons. The van der Waals surface area contributed by atoms with E-state index >= 15 is 0 Å². The molecule has 5 N–H and O–H groups in total. The zero-order valence-electron chi connectivity index (χ0n) is 11.0. The average molecular weight is 275 g/mol. The minimum Gasteiger partial charge on any atom is -0.351 e. The van der Waals surface area contributed by atoms with Gasteiger partial charge in [-0.25, -0.2) is 10.2 Å². The number of amides is 2. The number of hydrazine groups is 2. The Morgan fingerprint density at radius 3 is 3.10 bits per heavy atom. The van der Waals surface area contributed by atoms with Crippen LogP contribution in [0.3, 0.4) is 0 Å². The molecule has 0 unspecified atom stereocenters. The molecule has 0 aromatic rings. The van der Waals surface area contributed by atoms with Crippen molar-refractivity contribution in [3.05, 3.63) is 35.1 Å². The zero-order chi connectivity index (χ0) is 13.7. The van der Waals surface area contributed by atoms with Crippen molar-refractivity contribution in [1.82, 2.24) is 31.1 Å². The van der Waals surface area contributed by atoms with Crippen LogP contribution in [0.15, 0.2) is 35.1 Å². The van der Waals surface area contributed by atoms with Crippen LogP contribution < -0.4 is 22.0 Å². The third-order valence-electron chi connectivity index (χ3n) is 4.00. The number of fused-ring (bicyclic) bond motifs is 3. The Labute approximate surface area is 116 Å². The number of primary amides is 1. The second kappa shape index (κ2) is 4.07. The van der Waals surface area contributed by atoms with Gasteiger partial charge in [-0.2, -0.15) is 0 Å². The number of urea groups is 1. The monoisotopic (exact) mass is 275 g/mol. The van der Waals surface area contributed by atoms with Gasteiger partial charge in [-0.1, -0.05) is 0 Å². The Bertz CT molecular complexity index is 564. The predicted octanol–water partition coefficient (Wildman–Crippen LogP) is -1.09. The topological polar surface area (TPSA) is 88.9 Å². The van der Waals surface area contributed by atoms with Crippen LogP contribution in [0, 0.1) is 0 Å². The largest absolute Gasteiger partial charge is 0.351 e. The molecule has 4 rings (SSSR count). The highest BCUT2D eigenvalue weighted by molar-refractivity contribution is 5.74. The molecule has 0 bridgehead atoms. The Morgan fingerprint density at radius 1 is 1.35 bits per heavy atom. The molecule has 0 aliphatic carbocycles. The van der Waals surface area contributed by atoms with Crippen molar-refractivity contribution in [2.45, 2.75) is 6.42 Å². The van der Waals surface area contributed by atoms with E-state index in [1.807, 2.05) is 6.08 Å². The molecule has 8 nitrogen and oxygen atoms in total. The van der Waals surface area contributed by atoms with Crippen LogP contribution >= 0.6 is 0 Å². The zero-order valence-corrected chi connectivity index (χ0v) is 11.0. The summed E-state index contributed by atoms with van der Waals surface area (Å²) >= 11 is 0. The fourth-order valence-electron chi connectivity index (χ4n) is 3.03. The lowest BCUT2D eigenvalue weighted by molar-refractivity contribution is 0.227. The molecule has 0 aromatic heterocycles. The number of hydrogen-bond acceptors (Lipinski definition) is 6. The van der Waals surface area contributed by atoms with Gasteiger partial charge in [0.05, 0.1) is 18.9 Å². The SMILES string of the molecule is NC(=O)N1C=CC2=C(C1)C1=C3NNCN3CCCN1N2. The summed E-state index contributed by atoms with van der Waals surface area (Å²) in [5.74, 6) is 1.07. The van der Waals surface area contributed by atoms with E-state index < -0.39 is 6.03 Å². The first-order valence-corrected chi connectivity index (χ1v) is 6.74. The van der Waals surface area contributed by atoms with Crippen LogP contribution in [0.2, 0.25) is 0 Å². The molecule has 4 aliphatic heterocycles. The lowest BCUT2D eigenvalue weighted by atomic mass is 10.1. The van der Waals surface area contributed by atoms with Crippen LogP contribution in [0.4, 0.5) is 4.79 Å². The summed E-state index contributed by atoms with van der Waals surface area (Å²) in [6.45, 7) is 3.24. The summed E-state index contributed by atoms with van der Waals surface area (Å²) < 4.78 is 0. The van der Waals surface area contributed by atoms with Crippen LogP contribution in [-0.2, 0) is 0 Å². The molecule has 20 heavy (non-hydrogen) atoms. The molecule has 1 saturated heterocycles. The maximum atomic E-state index is 11.4. The fourth-order valence-corrected chi connectivity index (χ4v) is 3.03. The number of nitrogens with one attached hydrogen (secondary N) is 3. The van der Waals surface area contributed by atoms with Gasteiger partial charge in [-0.05, 0) is 12.5 Å². The fraction of sp³-hybridized carbons (Fsp3) is 0.417. The number of carbonyl (C=O) groups excluding carboxylic acids is 1. The summed E-state index contributed by atoms with van der Waals surface area (Å²) in [5, 5.41) is 2.15. The number of carbonyl (C=O) groups is 1. The molecule has 8 heteroatoms. The van der Waals surface area contributed by atoms with E-state index in [9.17, 15) is 4.79 Å².